The van der Waals surface area contributed by atoms with Crippen molar-refractivity contribution in [2.24, 2.45) is 0 Å². The second-order valence-corrected chi connectivity index (χ2v) is 4.26. The lowest BCUT2D eigenvalue weighted by atomic mass is 9.99. The van der Waals surface area contributed by atoms with E-state index in [1.54, 1.807) is 13.2 Å². The lowest BCUT2D eigenvalue weighted by Crippen LogP contribution is -1.92. The van der Waals surface area contributed by atoms with Crippen LogP contribution in [0.1, 0.15) is 25.3 Å². The van der Waals surface area contributed by atoms with Gasteiger partial charge in [-0.25, -0.2) is 0 Å². The Labute approximate surface area is 100 Å². The topological polar surface area (TPSA) is 61.3 Å². The second kappa shape index (κ2) is 4.49. The Hall–Kier alpha value is -1.97. The Morgan fingerprint density at radius 1 is 1.24 bits per heavy atom. The van der Waals surface area contributed by atoms with E-state index in [1.807, 2.05) is 12.1 Å². The van der Waals surface area contributed by atoms with Crippen LogP contribution in [0, 0.1) is 0 Å². The molecule has 0 radical (unpaired) electrons. The predicted molar refractivity (Wildman–Crippen MR) is 67.0 cm³/mol. The summed E-state index contributed by atoms with van der Waals surface area (Å²) in [5.74, 6) is 1.55. The molecule has 0 saturated carbocycles. The number of nitrogen functional groups attached to an aromatic ring is 1. The van der Waals surface area contributed by atoms with Crippen molar-refractivity contribution in [1.82, 2.24) is 5.16 Å². The van der Waals surface area contributed by atoms with Crippen molar-refractivity contribution in [2.45, 2.75) is 19.8 Å². The minimum atomic E-state index is 0.314. The number of methoxy groups -OCH3 is 1. The Balaban J connectivity index is 2.49. The van der Waals surface area contributed by atoms with Crippen LogP contribution in [0.25, 0.3) is 11.3 Å². The summed E-state index contributed by atoms with van der Waals surface area (Å²) in [5.41, 5.74) is 8.40. The number of ether oxygens (including phenoxy) is 1. The van der Waals surface area contributed by atoms with Crippen molar-refractivity contribution in [2.75, 3.05) is 12.8 Å². The molecule has 0 fully saturated rings. The second-order valence-electron chi connectivity index (χ2n) is 4.26. The molecule has 90 valence electrons. The van der Waals surface area contributed by atoms with Gasteiger partial charge in [0, 0.05) is 11.6 Å². The number of benzene rings is 1. The molecule has 0 saturated heterocycles. The highest BCUT2D eigenvalue weighted by Crippen LogP contribution is 2.29. The normalized spacial score (nSPS) is 10.8. The average Bonchev–Trinajstić information content (AvgIpc) is 2.75. The first kappa shape index (κ1) is 11.5. The number of nitrogens with two attached hydrogens (primary N) is 1. The minimum Gasteiger partial charge on any atom is -0.497 e. The first-order chi connectivity index (χ1) is 8.10. The van der Waals surface area contributed by atoms with Gasteiger partial charge in [-0.15, -0.1) is 0 Å². The number of rotatable bonds is 3. The van der Waals surface area contributed by atoms with E-state index in [2.05, 4.69) is 25.1 Å². The Morgan fingerprint density at radius 2 is 2.00 bits per heavy atom. The molecule has 0 bridgehead atoms. The van der Waals surface area contributed by atoms with Gasteiger partial charge >= 0.3 is 0 Å². The molecule has 4 heteroatoms. The third-order valence-electron chi connectivity index (χ3n) is 2.66. The molecule has 2 rings (SSSR count). The average molecular weight is 232 g/mol. The highest BCUT2D eigenvalue weighted by atomic mass is 16.5. The van der Waals surface area contributed by atoms with Crippen LogP contribution < -0.4 is 10.5 Å². The zero-order valence-electron chi connectivity index (χ0n) is 10.2. The zero-order chi connectivity index (χ0) is 12.4. The number of anilines is 1. The van der Waals surface area contributed by atoms with Gasteiger partial charge in [-0.05, 0) is 29.7 Å². The fourth-order valence-electron chi connectivity index (χ4n) is 1.65. The van der Waals surface area contributed by atoms with E-state index in [0.29, 0.717) is 11.8 Å². The smallest absolute Gasteiger partial charge is 0.222 e. The van der Waals surface area contributed by atoms with Gasteiger partial charge in [-0.1, -0.05) is 19.0 Å². The maximum absolute atomic E-state index is 5.52. The monoisotopic (exact) mass is 232 g/mol. The van der Waals surface area contributed by atoms with Crippen LogP contribution in [0.5, 0.6) is 5.75 Å². The van der Waals surface area contributed by atoms with Gasteiger partial charge in [0.25, 0.3) is 0 Å². The van der Waals surface area contributed by atoms with Crippen LogP contribution in [-0.2, 0) is 0 Å². The zero-order valence-corrected chi connectivity index (χ0v) is 10.2. The number of hydrogen-bond acceptors (Lipinski definition) is 4. The van der Waals surface area contributed by atoms with Crippen LogP contribution in [0.2, 0.25) is 0 Å². The molecule has 0 amide bonds. The van der Waals surface area contributed by atoms with Crippen molar-refractivity contribution < 1.29 is 9.26 Å². The first-order valence-corrected chi connectivity index (χ1v) is 5.51. The lowest BCUT2D eigenvalue weighted by molar-refractivity contribution is 0.414. The minimum absolute atomic E-state index is 0.314. The van der Waals surface area contributed by atoms with E-state index in [9.17, 15) is 0 Å². The summed E-state index contributed by atoms with van der Waals surface area (Å²) in [7, 11) is 1.65. The summed E-state index contributed by atoms with van der Waals surface area (Å²) in [5, 5.41) is 3.91. The SMILES string of the molecule is COc1cc(-c2cc(N)on2)cc(C(C)C)c1. The van der Waals surface area contributed by atoms with E-state index >= 15 is 0 Å². The molecule has 0 aliphatic rings. The van der Waals surface area contributed by atoms with E-state index in [1.165, 1.54) is 5.56 Å². The van der Waals surface area contributed by atoms with Crippen LogP contribution in [0.4, 0.5) is 5.88 Å². The van der Waals surface area contributed by atoms with Gasteiger partial charge in [-0.3, -0.25) is 0 Å². The summed E-state index contributed by atoms with van der Waals surface area (Å²) in [6.07, 6.45) is 0. The molecule has 4 nitrogen and oxygen atoms in total. The maximum atomic E-state index is 5.52. The standard InChI is InChI=1S/C13H16N2O2/c1-8(2)9-4-10(6-11(5-9)16-3)12-7-13(14)17-15-12/h4-8H,14H2,1-3H3. The fraction of sp³-hybridized carbons (Fsp3) is 0.308. The molecule has 0 spiro atoms. The van der Waals surface area contributed by atoms with Crippen molar-refractivity contribution in [1.29, 1.82) is 0 Å². The van der Waals surface area contributed by atoms with E-state index in [4.69, 9.17) is 15.0 Å². The molecule has 1 aromatic heterocycles. The largest absolute Gasteiger partial charge is 0.497 e. The Morgan fingerprint density at radius 3 is 2.53 bits per heavy atom. The van der Waals surface area contributed by atoms with E-state index < -0.39 is 0 Å². The Bertz CT molecular complexity index is 518. The molecular weight excluding hydrogens is 216 g/mol. The van der Waals surface area contributed by atoms with Crippen molar-refractivity contribution in [3.63, 3.8) is 0 Å². The lowest BCUT2D eigenvalue weighted by Gasteiger charge is -2.10. The fourth-order valence-corrected chi connectivity index (χ4v) is 1.65. The van der Waals surface area contributed by atoms with Crippen LogP contribution in [0.15, 0.2) is 28.8 Å². The molecule has 1 aromatic carbocycles. The van der Waals surface area contributed by atoms with Crippen LogP contribution in [-0.4, -0.2) is 12.3 Å². The van der Waals surface area contributed by atoms with Gasteiger partial charge in [0.15, 0.2) is 0 Å². The summed E-state index contributed by atoms with van der Waals surface area (Å²) in [4.78, 5) is 0. The molecule has 0 atom stereocenters. The highest BCUT2D eigenvalue weighted by molar-refractivity contribution is 5.64. The highest BCUT2D eigenvalue weighted by Gasteiger charge is 2.09. The van der Waals surface area contributed by atoms with Crippen molar-refractivity contribution >= 4 is 5.88 Å². The molecule has 0 unspecified atom stereocenters. The summed E-state index contributed by atoms with van der Waals surface area (Å²) in [6.45, 7) is 4.27. The molecule has 0 aliphatic carbocycles. The van der Waals surface area contributed by atoms with Gasteiger partial charge in [0.2, 0.25) is 5.88 Å². The van der Waals surface area contributed by atoms with Crippen molar-refractivity contribution in [3.05, 3.63) is 29.8 Å². The maximum Gasteiger partial charge on any atom is 0.222 e. The molecular formula is C13H16N2O2. The number of hydrogen-bond donors (Lipinski definition) is 1. The first-order valence-electron chi connectivity index (χ1n) is 5.51. The number of aromatic nitrogens is 1. The molecule has 2 N–H and O–H groups in total. The quantitative estimate of drug-likeness (QED) is 0.883. The number of nitrogens with zero attached hydrogens (tertiary/aromatic N) is 1. The third kappa shape index (κ3) is 2.41. The van der Waals surface area contributed by atoms with Crippen LogP contribution >= 0.6 is 0 Å². The predicted octanol–water partition coefficient (Wildman–Crippen LogP) is 3.06. The summed E-state index contributed by atoms with van der Waals surface area (Å²) < 4.78 is 10.2. The van der Waals surface area contributed by atoms with Gasteiger partial charge in [-0.2, -0.15) is 0 Å². The van der Waals surface area contributed by atoms with Crippen molar-refractivity contribution in [3.8, 4) is 17.0 Å². The van der Waals surface area contributed by atoms with Gasteiger partial charge in [0.05, 0.1) is 7.11 Å². The van der Waals surface area contributed by atoms with Gasteiger partial charge < -0.3 is 15.0 Å². The van der Waals surface area contributed by atoms with E-state index in [0.717, 1.165) is 17.0 Å². The van der Waals surface area contributed by atoms with Gasteiger partial charge in [0.1, 0.15) is 11.4 Å². The molecule has 17 heavy (non-hydrogen) atoms. The molecule has 0 aliphatic heterocycles. The molecule has 2 aromatic rings. The third-order valence-corrected chi connectivity index (χ3v) is 2.66. The van der Waals surface area contributed by atoms with Crippen LogP contribution in [0.3, 0.4) is 0 Å². The summed E-state index contributed by atoms with van der Waals surface area (Å²) in [6, 6.07) is 7.73. The molecule has 1 heterocycles. The Kier molecular flexibility index (Phi) is 3.04. The summed E-state index contributed by atoms with van der Waals surface area (Å²) >= 11 is 0. The van der Waals surface area contributed by atoms with E-state index in [-0.39, 0.29) is 0 Å².